The highest BCUT2D eigenvalue weighted by Gasteiger charge is 2.94. The largest absolute Gasteiger partial charge is 0.463 e. The Morgan fingerprint density at radius 1 is 0.413 bits per heavy atom. The van der Waals surface area contributed by atoms with Crippen LogP contribution in [0, 0.1) is 0 Å². The van der Waals surface area contributed by atoms with E-state index in [0.29, 0.717) is 0 Å². The molecule has 46 heavy (non-hydrogen) atoms. The molecule has 0 radical (unpaired) electrons. The molecule has 0 aromatic rings. The Balaban J connectivity index is 5.88. The number of hydrogen-bond donors (Lipinski definition) is 0. The molecule has 0 unspecified atom stereocenters. The molecule has 0 rings (SSSR count). The highest BCUT2D eigenvalue weighted by Crippen LogP contribution is 2.64. The molecule has 20 heteroatoms. The number of alkyl halides is 16. The summed E-state index contributed by atoms with van der Waals surface area (Å²) >= 11 is 0. The van der Waals surface area contributed by atoms with Gasteiger partial charge in [0.15, 0.2) is 0 Å². The smallest absolute Gasteiger partial charge is 0.384 e. The van der Waals surface area contributed by atoms with Gasteiger partial charge < -0.3 is 9.47 Å². The van der Waals surface area contributed by atoms with Crippen molar-refractivity contribution in [2.24, 2.45) is 0 Å². The second-order valence-electron chi connectivity index (χ2n) is 11.1. The predicted molar refractivity (Wildman–Crippen MR) is 128 cm³/mol. The van der Waals surface area contributed by atoms with E-state index in [2.05, 4.69) is 9.47 Å². The fraction of sp³-hybridized carbons (Fsp3) is 0.923. The maximum Gasteiger partial charge on any atom is 0.384 e. The summed E-state index contributed by atoms with van der Waals surface area (Å²) < 4.78 is 234. The molecule has 0 aliphatic heterocycles. The molecule has 0 aromatic heterocycles. The van der Waals surface area contributed by atoms with Crippen molar-refractivity contribution in [1.29, 1.82) is 0 Å². The van der Waals surface area contributed by atoms with E-state index in [1.54, 1.807) is 0 Å². The van der Waals surface area contributed by atoms with Gasteiger partial charge in [-0.15, -0.1) is 0 Å². The highest BCUT2D eigenvalue weighted by atomic mass is 19.4. The van der Waals surface area contributed by atoms with Crippen LogP contribution in [0.4, 0.5) is 70.2 Å². The molecule has 0 heterocycles. The first-order valence-corrected chi connectivity index (χ1v) is 13.8. The van der Waals surface area contributed by atoms with Crippen LogP contribution in [0.15, 0.2) is 0 Å². The van der Waals surface area contributed by atoms with Crippen LogP contribution in [0.2, 0.25) is 0 Å². The lowest BCUT2D eigenvalue weighted by Gasteiger charge is -2.43. The van der Waals surface area contributed by atoms with Crippen LogP contribution in [0.5, 0.6) is 0 Å². The summed E-state index contributed by atoms with van der Waals surface area (Å²) in [6, 6.07) is 0. The zero-order valence-corrected chi connectivity index (χ0v) is 24.9. The van der Waals surface area contributed by atoms with E-state index in [-0.39, 0.29) is 0 Å². The lowest BCUT2D eigenvalue weighted by Crippen LogP contribution is -2.74. The summed E-state index contributed by atoms with van der Waals surface area (Å²) in [6.45, 7) is 5.67. The molecule has 0 N–H and O–H groups in total. The molecule has 0 aliphatic carbocycles. The van der Waals surface area contributed by atoms with Gasteiger partial charge >= 0.3 is 59.3 Å². The topological polar surface area (TPSA) is 52.6 Å². The average Bonchev–Trinajstić information content (AvgIpc) is 2.86. The third-order valence-electron chi connectivity index (χ3n) is 6.37. The summed E-state index contributed by atoms with van der Waals surface area (Å²) in [6.07, 6.45) is -11.7. The predicted octanol–water partition coefficient (Wildman–Crippen LogP) is 9.87. The average molecular weight is 715 g/mol. The Bertz CT molecular complexity index is 918. The molecule has 0 fully saturated rings. The van der Waals surface area contributed by atoms with E-state index in [1.165, 1.54) is 27.7 Å². The fourth-order valence-corrected chi connectivity index (χ4v) is 3.79. The molecule has 0 amide bonds. The van der Waals surface area contributed by atoms with Crippen molar-refractivity contribution in [3.8, 4) is 0 Å². The lowest BCUT2D eigenvalue weighted by atomic mass is 9.86. The molecule has 0 aliphatic rings. The second kappa shape index (κ2) is 15.4. The lowest BCUT2D eigenvalue weighted by molar-refractivity contribution is -0.453. The number of rotatable bonds is 21. The molecule has 0 spiro atoms. The van der Waals surface area contributed by atoms with Crippen molar-refractivity contribution >= 4 is 11.9 Å². The van der Waals surface area contributed by atoms with Crippen LogP contribution in [0.1, 0.15) is 91.9 Å². The van der Waals surface area contributed by atoms with Gasteiger partial charge in [-0.25, -0.2) is 0 Å². The summed E-state index contributed by atoms with van der Waals surface area (Å²) in [5, 5.41) is 0. The van der Waals surface area contributed by atoms with Gasteiger partial charge in [0.2, 0.25) is 0 Å². The molecule has 4 nitrogen and oxygen atoms in total. The number of ether oxygens (including phenoxy) is 2. The Kier molecular flexibility index (Phi) is 14.6. The Labute approximate surface area is 253 Å². The minimum absolute atomic E-state index is 0.391. The molecular formula is C26H34F16O4. The van der Waals surface area contributed by atoms with E-state index in [9.17, 15) is 79.8 Å². The van der Waals surface area contributed by atoms with Crippen molar-refractivity contribution in [3.63, 3.8) is 0 Å². The fourth-order valence-electron chi connectivity index (χ4n) is 3.79. The van der Waals surface area contributed by atoms with Crippen LogP contribution in [0.3, 0.4) is 0 Å². The van der Waals surface area contributed by atoms with E-state index in [4.69, 9.17) is 0 Å². The van der Waals surface area contributed by atoms with Gasteiger partial charge in [0.1, 0.15) is 0 Å². The molecular weight excluding hydrogens is 680 g/mol. The van der Waals surface area contributed by atoms with Crippen LogP contribution in [-0.4, -0.2) is 71.5 Å². The quantitative estimate of drug-likeness (QED) is 0.0675. The number of carbonyl (C=O) groups excluding carboxylic acids is 2. The summed E-state index contributed by atoms with van der Waals surface area (Å²) in [5.41, 5.74) is 0. The standard InChI is InChI=1S/C26H34F16O4/c1-15(2)45-17(43)11-7-5-9-13-19(27,28)21(31,32)23(35,36)25(39,40)26(41,42)24(37,38)22(33,34)20(29,30)14-10-6-8-12-18(44)46-16(3)4/h15-16H,5-14H2,1-4H3. The monoisotopic (exact) mass is 714 g/mol. The van der Waals surface area contributed by atoms with Gasteiger partial charge in [-0.3, -0.25) is 9.59 Å². The van der Waals surface area contributed by atoms with Crippen molar-refractivity contribution in [2.75, 3.05) is 0 Å². The first-order chi connectivity index (χ1) is 20.4. The summed E-state index contributed by atoms with van der Waals surface area (Å²) in [4.78, 5) is 22.7. The summed E-state index contributed by atoms with van der Waals surface area (Å²) in [7, 11) is 0. The minimum atomic E-state index is -8.46. The maximum atomic E-state index is 14.1. The maximum absolute atomic E-state index is 14.1. The van der Waals surface area contributed by atoms with Gasteiger partial charge in [0, 0.05) is 25.7 Å². The van der Waals surface area contributed by atoms with Gasteiger partial charge in [-0.05, 0) is 53.4 Å². The Morgan fingerprint density at radius 2 is 0.652 bits per heavy atom. The molecule has 274 valence electrons. The molecule has 0 atom stereocenters. The van der Waals surface area contributed by atoms with Crippen molar-refractivity contribution < 1.29 is 89.3 Å². The second-order valence-corrected chi connectivity index (χ2v) is 11.1. The molecule has 0 saturated carbocycles. The number of unbranched alkanes of at least 4 members (excludes halogenated alkanes) is 4. The zero-order valence-electron chi connectivity index (χ0n) is 24.9. The Morgan fingerprint density at radius 3 is 0.891 bits per heavy atom. The van der Waals surface area contributed by atoms with Gasteiger partial charge in [0.25, 0.3) is 0 Å². The van der Waals surface area contributed by atoms with Crippen LogP contribution in [0.25, 0.3) is 0 Å². The van der Waals surface area contributed by atoms with E-state index >= 15 is 0 Å². The molecule has 0 bridgehead atoms. The first kappa shape index (κ1) is 43.8. The van der Waals surface area contributed by atoms with Crippen molar-refractivity contribution in [2.45, 2.75) is 151 Å². The number of carbonyl (C=O) groups is 2. The van der Waals surface area contributed by atoms with Crippen molar-refractivity contribution in [1.82, 2.24) is 0 Å². The Hall–Kier alpha value is -2.18. The molecule has 0 saturated heterocycles. The van der Waals surface area contributed by atoms with Crippen LogP contribution in [-0.2, 0) is 19.1 Å². The minimum Gasteiger partial charge on any atom is -0.463 e. The number of hydrogen-bond acceptors (Lipinski definition) is 4. The van der Waals surface area contributed by atoms with E-state index in [0.717, 1.165) is 0 Å². The van der Waals surface area contributed by atoms with Gasteiger partial charge in [-0.1, -0.05) is 12.8 Å². The highest BCUT2D eigenvalue weighted by molar-refractivity contribution is 5.69. The van der Waals surface area contributed by atoms with Crippen LogP contribution >= 0.6 is 0 Å². The third-order valence-corrected chi connectivity index (χ3v) is 6.37. The summed E-state index contributed by atoms with van der Waals surface area (Å²) in [5.74, 6) is -63.1. The number of esters is 2. The first-order valence-electron chi connectivity index (χ1n) is 13.8. The zero-order chi connectivity index (χ0) is 36.8. The SMILES string of the molecule is CC(C)OC(=O)CCCCCC(F)(F)C(F)(F)C(F)(F)C(F)(F)C(F)(F)C(F)(F)C(F)(F)C(F)(F)CCCCCC(=O)OC(C)C. The van der Waals surface area contributed by atoms with E-state index < -0.39 is 136 Å². The number of halogens is 16. The molecule has 0 aromatic carbocycles. The van der Waals surface area contributed by atoms with Crippen LogP contribution < -0.4 is 0 Å². The van der Waals surface area contributed by atoms with E-state index in [1.807, 2.05) is 0 Å². The third kappa shape index (κ3) is 9.24. The van der Waals surface area contributed by atoms with Gasteiger partial charge in [0.05, 0.1) is 12.2 Å². The van der Waals surface area contributed by atoms with Gasteiger partial charge in [-0.2, -0.15) is 70.2 Å². The van der Waals surface area contributed by atoms with Crippen molar-refractivity contribution in [3.05, 3.63) is 0 Å². The normalized spacial score (nSPS) is 14.7.